The quantitative estimate of drug-likeness (QED) is 0.826. The molecule has 2 heteroatoms. The lowest BCUT2D eigenvalue weighted by molar-refractivity contribution is 0.638. The first-order chi connectivity index (χ1) is 7.49. The molecule has 1 atom stereocenters. The minimum atomic E-state index is 0.235. The van der Waals surface area contributed by atoms with E-state index in [-0.39, 0.29) is 6.04 Å². The molecule has 1 aromatic rings. The highest BCUT2D eigenvalue weighted by Crippen LogP contribution is 2.15. The molecule has 0 spiro atoms. The van der Waals surface area contributed by atoms with Crippen molar-refractivity contribution < 1.29 is 0 Å². The van der Waals surface area contributed by atoms with Crippen LogP contribution in [0.15, 0.2) is 24.3 Å². The predicted molar refractivity (Wildman–Crippen MR) is 71.9 cm³/mol. The molecule has 0 saturated heterocycles. The monoisotopic (exact) mass is 220 g/mol. The first-order valence-electron chi connectivity index (χ1n) is 6.04. The number of rotatable bonds is 5. The third-order valence-corrected chi connectivity index (χ3v) is 2.57. The summed E-state index contributed by atoms with van der Waals surface area (Å²) in [7, 11) is 2.14. The molecule has 1 rings (SSSR count). The smallest absolute Gasteiger partial charge is 0.0363 e. The molecule has 1 unspecified atom stereocenters. The van der Waals surface area contributed by atoms with Gasteiger partial charge in [0.1, 0.15) is 0 Å². The van der Waals surface area contributed by atoms with Crippen LogP contribution in [0.4, 0.5) is 5.69 Å². The Balaban J connectivity index is 2.63. The van der Waals surface area contributed by atoms with E-state index in [2.05, 4.69) is 50.1 Å². The van der Waals surface area contributed by atoms with Crippen LogP contribution in [0.25, 0.3) is 0 Å². The minimum Gasteiger partial charge on any atom is -0.374 e. The third-order valence-electron chi connectivity index (χ3n) is 2.57. The van der Waals surface area contributed by atoms with E-state index in [1.165, 1.54) is 11.3 Å². The Labute approximate surface area is 99.5 Å². The van der Waals surface area contributed by atoms with E-state index in [0.29, 0.717) is 5.92 Å². The van der Waals surface area contributed by atoms with E-state index in [9.17, 15) is 0 Å². The molecule has 16 heavy (non-hydrogen) atoms. The second kappa shape index (κ2) is 5.90. The van der Waals surface area contributed by atoms with Gasteiger partial charge < -0.3 is 10.6 Å². The summed E-state index contributed by atoms with van der Waals surface area (Å²) in [5.74, 6) is 0.689. The number of hydrogen-bond acceptors (Lipinski definition) is 2. The number of nitrogens with zero attached hydrogens (tertiary/aromatic N) is 1. The zero-order chi connectivity index (χ0) is 12.1. The predicted octanol–water partition coefficient (Wildman–Crippen LogP) is 2.67. The Morgan fingerprint density at radius 3 is 2.12 bits per heavy atom. The van der Waals surface area contributed by atoms with E-state index < -0.39 is 0 Å². The molecular weight excluding hydrogens is 196 g/mol. The highest BCUT2D eigenvalue weighted by atomic mass is 15.1. The van der Waals surface area contributed by atoms with Gasteiger partial charge in [0.25, 0.3) is 0 Å². The van der Waals surface area contributed by atoms with Gasteiger partial charge in [-0.2, -0.15) is 0 Å². The van der Waals surface area contributed by atoms with Gasteiger partial charge in [0.2, 0.25) is 0 Å². The molecular formula is C14H24N2. The standard InChI is InChI=1S/C14H24N2/c1-11(2)10-16(4)14-7-5-13(6-8-14)9-12(3)15/h5-8,11-12H,9-10,15H2,1-4H3. The molecule has 0 radical (unpaired) electrons. The normalized spacial score (nSPS) is 12.9. The molecule has 2 N–H and O–H groups in total. The van der Waals surface area contributed by atoms with E-state index in [0.717, 1.165) is 13.0 Å². The minimum absolute atomic E-state index is 0.235. The summed E-state index contributed by atoms with van der Waals surface area (Å²) >= 11 is 0. The van der Waals surface area contributed by atoms with E-state index in [4.69, 9.17) is 5.73 Å². The topological polar surface area (TPSA) is 29.3 Å². The van der Waals surface area contributed by atoms with Crippen LogP contribution in [0.3, 0.4) is 0 Å². The number of anilines is 1. The second-order valence-corrected chi connectivity index (χ2v) is 5.12. The van der Waals surface area contributed by atoms with Gasteiger partial charge in [0.15, 0.2) is 0 Å². The van der Waals surface area contributed by atoms with Gasteiger partial charge in [-0.3, -0.25) is 0 Å². The Hall–Kier alpha value is -1.02. The Kier molecular flexibility index (Phi) is 4.81. The fraction of sp³-hybridized carbons (Fsp3) is 0.571. The summed E-state index contributed by atoms with van der Waals surface area (Å²) in [6.07, 6.45) is 0.953. The highest BCUT2D eigenvalue weighted by Gasteiger charge is 2.03. The van der Waals surface area contributed by atoms with Crippen molar-refractivity contribution in [2.75, 3.05) is 18.5 Å². The largest absolute Gasteiger partial charge is 0.374 e. The van der Waals surface area contributed by atoms with Gasteiger partial charge >= 0.3 is 0 Å². The number of benzene rings is 1. The van der Waals surface area contributed by atoms with E-state index in [1.54, 1.807) is 0 Å². The van der Waals surface area contributed by atoms with Gasteiger partial charge in [-0.1, -0.05) is 26.0 Å². The van der Waals surface area contributed by atoms with Gasteiger partial charge in [0.05, 0.1) is 0 Å². The van der Waals surface area contributed by atoms with Crippen molar-refractivity contribution in [3.05, 3.63) is 29.8 Å². The van der Waals surface area contributed by atoms with Crippen LogP contribution in [0.2, 0.25) is 0 Å². The molecule has 0 fully saturated rings. The fourth-order valence-electron chi connectivity index (χ4n) is 1.91. The van der Waals surface area contributed by atoms with Gasteiger partial charge in [-0.05, 0) is 37.0 Å². The van der Waals surface area contributed by atoms with Gasteiger partial charge in [0, 0.05) is 25.3 Å². The van der Waals surface area contributed by atoms with Crippen LogP contribution in [-0.2, 0) is 6.42 Å². The van der Waals surface area contributed by atoms with Crippen LogP contribution in [0.1, 0.15) is 26.3 Å². The average molecular weight is 220 g/mol. The molecule has 0 heterocycles. The molecule has 0 aliphatic rings. The molecule has 0 amide bonds. The fourth-order valence-corrected chi connectivity index (χ4v) is 1.91. The molecule has 0 bridgehead atoms. The third kappa shape index (κ3) is 4.23. The van der Waals surface area contributed by atoms with Crippen LogP contribution < -0.4 is 10.6 Å². The number of hydrogen-bond donors (Lipinski definition) is 1. The van der Waals surface area contributed by atoms with Crippen molar-refractivity contribution in [1.82, 2.24) is 0 Å². The summed E-state index contributed by atoms with van der Waals surface area (Å²) in [6, 6.07) is 8.95. The van der Waals surface area contributed by atoms with Crippen LogP contribution in [0, 0.1) is 5.92 Å². The zero-order valence-corrected chi connectivity index (χ0v) is 10.9. The SMILES string of the molecule is CC(C)CN(C)c1ccc(CC(C)N)cc1. The summed E-state index contributed by atoms with van der Waals surface area (Å²) < 4.78 is 0. The summed E-state index contributed by atoms with van der Waals surface area (Å²) in [5, 5.41) is 0. The molecule has 0 aliphatic carbocycles. The molecule has 90 valence electrons. The molecule has 0 aliphatic heterocycles. The van der Waals surface area contributed by atoms with E-state index in [1.807, 2.05) is 6.92 Å². The van der Waals surface area contributed by atoms with E-state index >= 15 is 0 Å². The highest BCUT2D eigenvalue weighted by molar-refractivity contribution is 5.46. The number of nitrogens with two attached hydrogens (primary N) is 1. The summed E-state index contributed by atoms with van der Waals surface area (Å²) in [5.41, 5.74) is 8.37. The zero-order valence-electron chi connectivity index (χ0n) is 10.9. The van der Waals surface area contributed by atoms with Crippen molar-refractivity contribution in [2.24, 2.45) is 11.7 Å². The summed E-state index contributed by atoms with van der Waals surface area (Å²) in [4.78, 5) is 2.29. The Morgan fingerprint density at radius 1 is 1.12 bits per heavy atom. The first-order valence-corrected chi connectivity index (χ1v) is 6.04. The van der Waals surface area contributed by atoms with Crippen LogP contribution >= 0.6 is 0 Å². The van der Waals surface area contributed by atoms with Gasteiger partial charge in [-0.25, -0.2) is 0 Å². The lowest BCUT2D eigenvalue weighted by atomic mass is 10.1. The summed E-state index contributed by atoms with van der Waals surface area (Å²) in [6.45, 7) is 7.60. The second-order valence-electron chi connectivity index (χ2n) is 5.12. The van der Waals surface area contributed by atoms with Gasteiger partial charge in [-0.15, -0.1) is 0 Å². The van der Waals surface area contributed by atoms with Crippen LogP contribution in [-0.4, -0.2) is 19.6 Å². The molecule has 0 saturated carbocycles. The Bertz CT molecular complexity index is 301. The van der Waals surface area contributed by atoms with Crippen LogP contribution in [0.5, 0.6) is 0 Å². The molecule has 0 aromatic heterocycles. The first kappa shape index (κ1) is 13.0. The van der Waals surface area contributed by atoms with Crippen molar-refractivity contribution in [3.8, 4) is 0 Å². The van der Waals surface area contributed by atoms with Crippen molar-refractivity contribution in [3.63, 3.8) is 0 Å². The Morgan fingerprint density at radius 2 is 1.69 bits per heavy atom. The van der Waals surface area contributed by atoms with Crippen molar-refractivity contribution >= 4 is 5.69 Å². The maximum absolute atomic E-state index is 5.78. The maximum Gasteiger partial charge on any atom is 0.0363 e. The lowest BCUT2D eigenvalue weighted by Crippen LogP contribution is -2.22. The van der Waals surface area contributed by atoms with Crippen molar-refractivity contribution in [1.29, 1.82) is 0 Å². The average Bonchev–Trinajstić information content (AvgIpc) is 2.16. The molecule has 2 nitrogen and oxygen atoms in total. The maximum atomic E-state index is 5.78. The van der Waals surface area contributed by atoms with Crippen molar-refractivity contribution in [2.45, 2.75) is 33.2 Å². The lowest BCUT2D eigenvalue weighted by Gasteiger charge is -2.21. The molecule has 1 aromatic carbocycles.